The molecule has 0 aromatic heterocycles. The minimum Gasteiger partial charge on any atom is -0.391 e. The highest BCUT2D eigenvalue weighted by atomic mass is 32.1. The van der Waals surface area contributed by atoms with Gasteiger partial charge in [-0.25, -0.2) is 0 Å². The average Bonchev–Trinajstić information content (AvgIpc) is 3.00. The van der Waals surface area contributed by atoms with E-state index in [1.54, 1.807) is 0 Å². The number of thiocarbonyl (C=S) groups is 1. The maximum Gasteiger partial charge on any atom is 0.233 e. The van der Waals surface area contributed by atoms with Gasteiger partial charge in [0.15, 0.2) is 0 Å². The molecule has 2 aliphatic carbocycles. The molecule has 1 heterocycles. The summed E-state index contributed by atoms with van der Waals surface area (Å²) < 4.78 is 0. The van der Waals surface area contributed by atoms with E-state index in [-0.39, 0.29) is 23.7 Å². The molecule has 0 aromatic rings. The van der Waals surface area contributed by atoms with Crippen LogP contribution in [-0.2, 0) is 9.59 Å². The van der Waals surface area contributed by atoms with Crippen molar-refractivity contribution in [2.24, 2.45) is 17.6 Å². The smallest absolute Gasteiger partial charge is 0.233 e. The van der Waals surface area contributed by atoms with Gasteiger partial charge in [-0.2, -0.15) is 0 Å². The number of carbonyl (C=O) groups is 2. The number of nitrogens with zero attached hydrogens (tertiary/aromatic N) is 1. The first-order valence-corrected chi connectivity index (χ1v) is 7.16. The Hall–Kier alpha value is -0.970. The third-order valence-corrected chi connectivity index (χ3v) is 5.29. The largest absolute Gasteiger partial charge is 0.391 e. The summed E-state index contributed by atoms with van der Waals surface area (Å²) in [6.07, 6.45) is 6.16. The predicted molar refractivity (Wildman–Crippen MR) is 70.7 cm³/mol. The molecule has 1 saturated heterocycles. The number of nitrogens with two attached hydrogens (primary N) is 1. The van der Waals surface area contributed by atoms with Crippen LogP contribution in [0, 0.1) is 11.8 Å². The van der Waals surface area contributed by atoms with Crippen molar-refractivity contribution in [3.63, 3.8) is 0 Å². The van der Waals surface area contributed by atoms with Crippen molar-refractivity contribution >= 4 is 29.0 Å². The van der Waals surface area contributed by atoms with Crippen LogP contribution in [0.4, 0.5) is 0 Å². The van der Waals surface area contributed by atoms with Gasteiger partial charge < -0.3 is 5.73 Å². The van der Waals surface area contributed by atoms with E-state index < -0.39 is 5.54 Å². The molecular weight excluding hydrogens is 248 g/mol. The molecule has 98 valence electrons. The molecule has 0 spiro atoms. The van der Waals surface area contributed by atoms with Crippen LogP contribution < -0.4 is 5.73 Å². The zero-order valence-corrected chi connectivity index (χ0v) is 11.2. The first-order valence-electron chi connectivity index (χ1n) is 6.76. The minimum atomic E-state index is -0.645. The fraction of sp³-hybridized carbons (Fsp3) is 0.769. The number of hydrogen-bond donors (Lipinski definition) is 1. The zero-order valence-electron chi connectivity index (χ0n) is 10.4. The summed E-state index contributed by atoms with van der Waals surface area (Å²) in [5, 5.41) is 0. The quantitative estimate of drug-likeness (QED) is 0.605. The SMILES string of the molecule is NC(=S)C1(N2C(=O)C3CCCC3C2=O)CCCC1. The second kappa shape index (κ2) is 4.02. The van der Waals surface area contributed by atoms with Crippen LogP contribution in [0.25, 0.3) is 0 Å². The molecule has 2 N–H and O–H groups in total. The Morgan fingerprint density at radius 1 is 1.11 bits per heavy atom. The molecule has 1 aliphatic heterocycles. The van der Waals surface area contributed by atoms with E-state index >= 15 is 0 Å². The molecule has 2 amide bonds. The maximum atomic E-state index is 12.5. The van der Waals surface area contributed by atoms with Gasteiger partial charge in [0.2, 0.25) is 11.8 Å². The molecule has 3 rings (SSSR count). The van der Waals surface area contributed by atoms with Gasteiger partial charge in [-0.05, 0) is 25.7 Å². The molecule has 0 bridgehead atoms. The van der Waals surface area contributed by atoms with Crippen LogP contribution in [0.3, 0.4) is 0 Å². The molecule has 4 nitrogen and oxygen atoms in total. The lowest BCUT2D eigenvalue weighted by Crippen LogP contribution is -2.57. The summed E-state index contributed by atoms with van der Waals surface area (Å²) in [6, 6.07) is 0. The Labute approximate surface area is 112 Å². The fourth-order valence-electron chi connectivity index (χ4n) is 3.95. The van der Waals surface area contributed by atoms with Crippen molar-refractivity contribution < 1.29 is 9.59 Å². The van der Waals surface area contributed by atoms with Gasteiger partial charge in [0.25, 0.3) is 0 Å². The second-order valence-electron chi connectivity index (χ2n) is 5.76. The van der Waals surface area contributed by atoms with E-state index in [2.05, 4.69) is 0 Å². The highest BCUT2D eigenvalue weighted by Gasteiger charge is 2.58. The normalized spacial score (nSPS) is 34.1. The summed E-state index contributed by atoms with van der Waals surface area (Å²) in [5.41, 5.74) is 5.23. The Morgan fingerprint density at radius 2 is 1.61 bits per heavy atom. The van der Waals surface area contributed by atoms with Crippen LogP contribution in [0.1, 0.15) is 44.9 Å². The molecule has 18 heavy (non-hydrogen) atoms. The van der Waals surface area contributed by atoms with Gasteiger partial charge in [-0.3, -0.25) is 14.5 Å². The highest BCUT2D eigenvalue weighted by Crippen LogP contribution is 2.46. The van der Waals surface area contributed by atoms with Gasteiger partial charge >= 0.3 is 0 Å². The summed E-state index contributed by atoms with van der Waals surface area (Å²) in [5.74, 6) is -0.219. The Kier molecular flexibility index (Phi) is 2.70. The zero-order chi connectivity index (χ0) is 12.9. The molecule has 0 radical (unpaired) electrons. The van der Waals surface area contributed by atoms with E-state index in [0.717, 1.165) is 44.9 Å². The van der Waals surface area contributed by atoms with E-state index in [1.807, 2.05) is 0 Å². The summed E-state index contributed by atoms with van der Waals surface area (Å²) in [7, 11) is 0. The molecule has 2 atom stereocenters. The van der Waals surface area contributed by atoms with Crippen molar-refractivity contribution in [2.75, 3.05) is 0 Å². The maximum absolute atomic E-state index is 12.5. The van der Waals surface area contributed by atoms with Crippen molar-refractivity contribution in [1.82, 2.24) is 4.90 Å². The fourth-order valence-corrected chi connectivity index (χ4v) is 4.25. The molecule has 5 heteroatoms. The van der Waals surface area contributed by atoms with Crippen molar-refractivity contribution in [3.05, 3.63) is 0 Å². The van der Waals surface area contributed by atoms with E-state index in [0.29, 0.717) is 4.99 Å². The molecule has 2 unspecified atom stereocenters. The number of fused-ring (bicyclic) bond motifs is 1. The van der Waals surface area contributed by atoms with Gasteiger partial charge in [0.05, 0.1) is 16.8 Å². The van der Waals surface area contributed by atoms with Crippen molar-refractivity contribution in [3.8, 4) is 0 Å². The van der Waals surface area contributed by atoms with Crippen molar-refractivity contribution in [2.45, 2.75) is 50.5 Å². The van der Waals surface area contributed by atoms with Crippen LogP contribution in [-0.4, -0.2) is 27.2 Å². The average molecular weight is 266 g/mol. The van der Waals surface area contributed by atoms with E-state index in [1.165, 1.54) is 4.90 Å². The molecule has 2 saturated carbocycles. The predicted octanol–water partition coefficient (Wildman–Crippen LogP) is 1.37. The second-order valence-corrected chi connectivity index (χ2v) is 6.20. The number of amides is 2. The lowest BCUT2D eigenvalue weighted by Gasteiger charge is -2.36. The Morgan fingerprint density at radius 3 is 2.06 bits per heavy atom. The third-order valence-electron chi connectivity index (χ3n) is 4.91. The molecule has 3 fully saturated rings. The Balaban J connectivity index is 1.99. The van der Waals surface area contributed by atoms with E-state index in [9.17, 15) is 9.59 Å². The lowest BCUT2D eigenvalue weighted by atomic mass is 9.94. The van der Waals surface area contributed by atoms with Crippen LogP contribution in [0.5, 0.6) is 0 Å². The van der Waals surface area contributed by atoms with Gasteiger partial charge in [-0.1, -0.05) is 31.5 Å². The van der Waals surface area contributed by atoms with Crippen LogP contribution in [0.15, 0.2) is 0 Å². The highest BCUT2D eigenvalue weighted by molar-refractivity contribution is 7.80. The monoisotopic (exact) mass is 266 g/mol. The first kappa shape index (κ1) is 12.1. The van der Waals surface area contributed by atoms with Crippen LogP contribution in [0.2, 0.25) is 0 Å². The molecular formula is C13H18N2O2S. The third kappa shape index (κ3) is 1.40. The summed E-state index contributed by atoms with van der Waals surface area (Å²) in [6.45, 7) is 0. The number of likely N-dealkylation sites (tertiary alicyclic amines) is 1. The topological polar surface area (TPSA) is 63.4 Å². The Bertz CT molecular complexity index is 407. The number of imide groups is 1. The van der Waals surface area contributed by atoms with Gasteiger partial charge in [-0.15, -0.1) is 0 Å². The van der Waals surface area contributed by atoms with E-state index in [4.69, 9.17) is 18.0 Å². The minimum absolute atomic E-state index is 0.0165. The number of hydrogen-bond acceptors (Lipinski definition) is 3. The lowest BCUT2D eigenvalue weighted by molar-refractivity contribution is -0.144. The summed E-state index contributed by atoms with van der Waals surface area (Å²) in [4.78, 5) is 26.7. The number of carbonyl (C=O) groups excluding carboxylic acids is 2. The van der Waals surface area contributed by atoms with Crippen molar-refractivity contribution in [1.29, 1.82) is 0 Å². The summed E-state index contributed by atoms with van der Waals surface area (Å²) >= 11 is 5.17. The number of rotatable bonds is 2. The standard InChI is InChI=1S/C13H18N2O2S/c14-12(18)13(6-1-2-7-13)15-10(16)8-4-3-5-9(8)11(15)17/h8-9H,1-7H2,(H2,14,18). The molecule has 3 aliphatic rings. The van der Waals surface area contributed by atoms with Gasteiger partial charge in [0, 0.05) is 0 Å². The first-order chi connectivity index (χ1) is 8.58. The molecule has 0 aromatic carbocycles. The van der Waals surface area contributed by atoms with Gasteiger partial charge in [0.1, 0.15) is 5.54 Å². The van der Waals surface area contributed by atoms with Crippen LogP contribution >= 0.6 is 12.2 Å².